The van der Waals surface area contributed by atoms with Crippen molar-refractivity contribution in [2.75, 3.05) is 18.6 Å². The second-order valence-corrected chi connectivity index (χ2v) is 8.09. The molecule has 1 N–H and O–H groups in total. The van der Waals surface area contributed by atoms with Gasteiger partial charge in [0.05, 0.1) is 18.8 Å². The molecular formula is C25H26N2O3. The van der Waals surface area contributed by atoms with Gasteiger partial charge in [-0.25, -0.2) is 0 Å². The number of carbonyl (C=O) groups excluding carboxylic acids is 2. The first kappa shape index (κ1) is 20.0. The van der Waals surface area contributed by atoms with E-state index >= 15 is 0 Å². The molecule has 30 heavy (non-hydrogen) atoms. The quantitative estimate of drug-likeness (QED) is 0.623. The molecule has 154 valence electrons. The van der Waals surface area contributed by atoms with Gasteiger partial charge >= 0.3 is 0 Å². The van der Waals surface area contributed by atoms with E-state index in [1.54, 1.807) is 12.0 Å². The molecule has 5 nitrogen and oxygen atoms in total. The third-order valence-corrected chi connectivity index (χ3v) is 5.51. The highest BCUT2D eigenvalue weighted by Crippen LogP contribution is 2.37. The summed E-state index contributed by atoms with van der Waals surface area (Å²) in [6.07, 6.45) is 0.807. The van der Waals surface area contributed by atoms with Crippen molar-refractivity contribution in [3.63, 3.8) is 0 Å². The summed E-state index contributed by atoms with van der Waals surface area (Å²) in [6.45, 7) is 4.26. The lowest BCUT2D eigenvalue weighted by atomic mass is 9.97. The van der Waals surface area contributed by atoms with E-state index in [4.69, 9.17) is 4.74 Å². The molecule has 0 aromatic heterocycles. The Bertz CT molecular complexity index is 1080. The first-order valence-electron chi connectivity index (χ1n) is 10.2. The minimum absolute atomic E-state index is 0.00260. The molecular weight excluding hydrogens is 376 g/mol. The van der Waals surface area contributed by atoms with Crippen molar-refractivity contribution in [2.24, 2.45) is 5.92 Å². The van der Waals surface area contributed by atoms with Gasteiger partial charge < -0.3 is 10.1 Å². The number of amides is 2. The molecule has 1 aliphatic rings. The summed E-state index contributed by atoms with van der Waals surface area (Å²) in [5.41, 5.74) is 2.48. The molecule has 5 heteroatoms. The third kappa shape index (κ3) is 3.75. The largest absolute Gasteiger partial charge is 0.497 e. The normalized spacial score (nSPS) is 13.7. The second kappa shape index (κ2) is 8.19. The Labute approximate surface area is 176 Å². The predicted octanol–water partition coefficient (Wildman–Crippen LogP) is 4.71. The van der Waals surface area contributed by atoms with E-state index in [0.29, 0.717) is 11.5 Å². The lowest BCUT2D eigenvalue weighted by molar-refractivity contribution is -0.120. The van der Waals surface area contributed by atoms with Gasteiger partial charge in [0.1, 0.15) is 12.3 Å². The summed E-state index contributed by atoms with van der Waals surface area (Å²) in [5.74, 6) is 0.891. The Morgan fingerprint density at radius 2 is 1.73 bits per heavy atom. The number of nitrogens with one attached hydrogen (secondary N) is 1. The summed E-state index contributed by atoms with van der Waals surface area (Å²) in [5, 5.41) is 5.07. The molecule has 0 bridgehead atoms. The van der Waals surface area contributed by atoms with Crippen molar-refractivity contribution in [1.82, 2.24) is 5.32 Å². The van der Waals surface area contributed by atoms with E-state index in [9.17, 15) is 9.59 Å². The van der Waals surface area contributed by atoms with Gasteiger partial charge in [-0.05, 0) is 47.6 Å². The molecule has 1 heterocycles. The number of nitrogens with zero attached hydrogens (tertiary/aromatic N) is 1. The van der Waals surface area contributed by atoms with Gasteiger partial charge in [-0.1, -0.05) is 50.2 Å². The number of rotatable bonds is 7. The van der Waals surface area contributed by atoms with Crippen molar-refractivity contribution in [2.45, 2.75) is 26.3 Å². The summed E-state index contributed by atoms with van der Waals surface area (Å²) in [4.78, 5) is 27.5. The van der Waals surface area contributed by atoms with Crippen LogP contribution in [0.4, 0.5) is 5.69 Å². The summed E-state index contributed by atoms with van der Waals surface area (Å²) in [7, 11) is 1.63. The number of benzene rings is 3. The van der Waals surface area contributed by atoms with Crippen LogP contribution in [0.15, 0.2) is 60.7 Å². The molecule has 1 unspecified atom stereocenters. The van der Waals surface area contributed by atoms with Gasteiger partial charge in [-0.15, -0.1) is 0 Å². The van der Waals surface area contributed by atoms with E-state index in [1.807, 2.05) is 60.7 Å². The Balaban J connectivity index is 1.54. The maximum atomic E-state index is 13.0. The van der Waals surface area contributed by atoms with E-state index in [2.05, 4.69) is 19.2 Å². The summed E-state index contributed by atoms with van der Waals surface area (Å²) < 4.78 is 5.24. The molecule has 0 aliphatic carbocycles. The Hall–Kier alpha value is -3.34. The average Bonchev–Trinajstić information content (AvgIpc) is 3.01. The molecule has 1 aliphatic heterocycles. The van der Waals surface area contributed by atoms with Crippen LogP contribution in [0.3, 0.4) is 0 Å². The predicted molar refractivity (Wildman–Crippen MR) is 119 cm³/mol. The molecule has 0 saturated heterocycles. The molecule has 2 amide bonds. The number of methoxy groups -OCH3 is 1. The average molecular weight is 402 g/mol. The van der Waals surface area contributed by atoms with Crippen molar-refractivity contribution in [3.05, 3.63) is 71.8 Å². The van der Waals surface area contributed by atoms with Gasteiger partial charge in [-0.3, -0.25) is 14.5 Å². The Morgan fingerprint density at radius 3 is 2.40 bits per heavy atom. The highest BCUT2D eigenvalue weighted by Gasteiger charge is 2.31. The number of hydrogen-bond acceptors (Lipinski definition) is 3. The lowest BCUT2D eigenvalue weighted by Crippen LogP contribution is -2.40. The minimum Gasteiger partial charge on any atom is -0.497 e. The fourth-order valence-electron chi connectivity index (χ4n) is 4.11. The van der Waals surface area contributed by atoms with Crippen LogP contribution in [0.5, 0.6) is 5.75 Å². The Morgan fingerprint density at radius 1 is 1.03 bits per heavy atom. The molecule has 0 radical (unpaired) electrons. The van der Waals surface area contributed by atoms with Crippen LogP contribution >= 0.6 is 0 Å². The van der Waals surface area contributed by atoms with Gasteiger partial charge in [0, 0.05) is 10.9 Å². The van der Waals surface area contributed by atoms with Gasteiger partial charge in [0.15, 0.2) is 0 Å². The molecule has 4 rings (SSSR count). The van der Waals surface area contributed by atoms with E-state index in [-0.39, 0.29) is 24.4 Å². The number of carbonyl (C=O) groups is 2. The number of anilines is 1. The van der Waals surface area contributed by atoms with Crippen molar-refractivity contribution < 1.29 is 14.3 Å². The van der Waals surface area contributed by atoms with Crippen LogP contribution in [-0.2, 0) is 4.79 Å². The fraction of sp³-hybridized carbons (Fsp3) is 0.280. The van der Waals surface area contributed by atoms with Crippen LogP contribution in [-0.4, -0.2) is 25.5 Å². The molecule has 0 saturated carbocycles. The van der Waals surface area contributed by atoms with Gasteiger partial charge in [0.2, 0.25) is 5.91 Å². The van der Waals surface area contributed by atoms with Crippen LogP contribution in [0.2, 0.25) is 0 Å². The highest BCUT2D eigenvalue weighted by atomic mass is 16.5. The third-order valence-electron chi connectivity index (χ3n) is 5.51. The topological polar surface area (TPSA) is 58.6 Å². The van der Waals surface area contributed by atoms with Crippen molar-refractivity contribution in [3.8, 4) is 5.75 Å². The fourth-order valence-corrected chi connectivity index (χ4v) is 4.11. The van der Waals surface area contributed by atoms with Crippen LogP contribution in [0.1, 0.15) is 42.2 Å². The second-order valence-electron chi connectivity index (χ2n) is 8.09. The zero-order valence-electron chi connectivity index (χ0n) is 17.5. The van der Waals surface area contributed by atoms with Crippen LogP contribution in [0, 0.1) is 5.92 Å². The summed E-state index contributed by atoms with van der Waals surface area (Å²) in [6, 6.07) is 19.1. The number of ether oxygens (including phenoxy) is 1. The van der Waals surface area contributed by atoms with Crippen LogP contribution < -0.4 is 15.0 Å². The molecule has 0 fully saturated rings. The van der Waals surface area contributed by atoms with E-state index < -0.39 is 0 Å². The zero-order valence-corrected chi connectivity index (χ0v) is 17.5. The minimum atomic E-state index is -0.172. The molecule has 1 atom stereocenters. The first-order valence-corrected chi connectivity index (χ1v) is 10.2. The number of hydrogen-bond donors (Lipinski definition) is 1. The maximum absolute atomic E-state index is 13.0. The lowest BCUT2D eigenvalue weighted by Gasteiger charge is -2.24. The van der Waals surface area contributed by atoms with Crippen LogP contribution in [0.25, 0.3) is 10.8 Å². The molecule has 3 aromatic rings. The smallest absolute Gasteiger partial charge is 0.259 e. The standard InChI is InChI=1S/C25H26N2O3/c1-16(2)14-21(17-10-12-19(30-3)13-11-17)26-23(28)15-27-22-9-5-7-18-6-4-8-20(24(18)22)25(27)29/h4-13,16,21H,14-15H2,1-3H3,(H,26,28). The molecule has 3 aromatic carbocycles. The maximum Gasteiger partial charge on any atom is 0.259 e. The zero-order chi connectivity index (χ0) is 21.3. The van der Waals surface area contributed by atoms with Gasteiger partial charge in [0.25, 0.3) is 5.91 Å². The monoisotopic (exact) mass is 402 g/mol. The first-order chi connectivity index (χ1) is 14.5. The Kier molecular flexibility index (Phi) is 5.44. The van der Waals surface area contributed by atoms with Gasteiger partial charge in [-0.2, -0.15) is 0 Å². The SMILES string of the molecule is COc1ccc(C(CC(C)C)NC(=O)CN2C(=O)c3cccc4cccc2c34)cc1. The highest BCUT2D eigenvalue weighted by molar-refractivity contribution is 6.26. The van der Waals surface area contributed by atoms with E-state index in [1.165, 1.54) is 0 Å². The van der Waals surface area contributed by atoms with E-state index in [0.717, 1.165) is 34.2 Å². The van der Waals surface area contributed by atoms with Crippen molar-refractivity contribution in [1.29, 1.82) is 0 Å². The molecule has 0 spiro atoms. The van der Waals surface area contributed by atoms with Crippen molar-refractivity contribution >= 4 is 28.3 Å². The summed E-state index contributed by atoms with van der Waals surface area (Å²) >= 11 is 0.